The lowest BCUT2D eigenvalue weighted by Gasteiger charge is -2.20. The van der Waals surface area contributed by atoms with Gasteiger partial charge in [-0.1, -0.05) is 53.8 Å². The van der Waals surface area contributed by atoms with E-state index in [4.69, 9.17) is 38.0 Å². The highest BCUT2D eigenvalue weighted by atomic mass is 35.5. The van der Waals surface area contributed by atoms with Gasteiger partial charge in [0.2, 0.25) is 0 Å². The van der Waals surface area contributed by atoms with Crippen LogP contribution in [0, 0.1) is 0 Å². The quantitative estimate of drug-likeness (QED) is 0.325. The zero-order valence-electron chi connectivity index (χ0n) is 17.1. The van der Waals surface area contributed by atoms with Crippen LogP contribution in [0.1, 0.15) is 18.1 Å². The molecule has 6 nitrogen and oxygen atoms in total. The third-order valence-corrected chi connectivity index (χ3v) is 6.13. The Kier molecular flexibility index (Phi) is 7.59. The van der Waals surface area contributed by atoms with E-state index < -0.39 is 12.0 Å². The van der Waals surface area contributed by atoms with Crippen LogP contribution in [0.25, 0.3) is 6.08 Å². The van der Waals surface area contributed by atoms with Crippen LogP contribution in [0.2, 0.25) is 5.02 Å². The summed E-state index contributed by atoms with van der Waals surface area (Å²) < 4.78 is 16.3. The predicted molar refractivity (Wildman–Crippen MR) is 125 cm³/mol. The first kappa shape index (κ1) is 23.1. The highest BCUT2D eigenvalue weighted by Gasteiger charge is 2.38. The number of hydrogen-bond donors (Lipinski definition) is 0. The Balaban J connectivity index is 1.76. The number of benzene rings is 2. The summed E-state index contributed by atoms with van der Waals surface area (Å²) in [5.41, 5.74) is 1.71. The fraction of sp³-hybridized carbons (Fsp3) is 0.227. The lowest BCUT2D eigenvalue weighted by Crippen LogP contribution is -2.42. The molecule has 1 aliphatic rings. The molecular formula is C22H20ClNO5S2. The molecule has 1 saturated heterocycles. The maximum atomic E-state index is 12.8. The van der Waals surface area contributed by atoms with Gasteiger partial charge in [-0.25, -0.2) is 4.79 Å². The molecule has 1 amide bonds. The second-order valence-corrected chi connectivity index (χ2v) is 8.69. The molecule has 1 unspecified atom stereocenters. The molecular weight excluding hydrogens is 458 g/mol. The molecule has 1 aliphatic heterocycles. The van der Waals surface area contributed by atoms with Crippen molar-refractivity contribution in [3.05, 3.63) is 63.5 Å². The van der Waals surface area contributed by atoms with E-state index in [1.807, 2.05) is 18.2 Å². The number of esters is 1. The van der Waals surface area contributed by atoms with Crippen molar-refractivity contribution in [3.8, 4) is 11.5 Å². The van der Waals surface area contributed by atoms with E-state index in [0.717, 1.165) is 22.9 Å². The van der Waals surface area contributed by atoms with Crippen molar-refractivity contribution >= 4 is 57.9 Å². The van der Waals surface area contributed by atoms with Crippen molar-refractivity contribution < 1.29 is 23.8 Å². The minimum atomic E-state index is -0.790. The molecule has 3 rings (SSSR count). The lowest BCUT2D eigenvalue weighted by molar-refractivity contribution is -0.147. The topological polar surface area (TPSA) is 65.1 Å². The average Bonchev–Trinajstić information content (AvgIpc) is 3.05. The molecule has 31 heavy (non-hydrogen) atoms. The maximum absolute atomic E-state index is 12.8. The lowest BCUT2D eigenvalue weighted by atomic mass is 10.1. The highest BCUT2D eigenvalue weighted by Crippen LogP contribution is 2.36. The Morgan fingerprint density at radius 1 is 1.19 bits per heavy atom. The molecule has 0 N–H and O–H groups in total. The van der Waals surface area contributed by atoms with Gasteiger partial charge in [0.05, 0.1) is 19.1 Å². The van der Waals surface area contributed by atoms with Gasteiger partial charge in [-0.2, -0.15) is 0 Å². The predicted octanol–water partition coefficient (Wildman–Crippen LogP) is 4.69. The number of thiocarbonyl (C=S) groups is 1. The average molecular weight is 478 g/mol. The number of thioether (sulfide) groups is 1. The smallest absolute Gasteiger partial charge is 0.328 e. The second-order valence-electron chi connectivity index (χ2n) is 6.58. The van der Waals surface area contributed by atoms with Crippen molar-refractivity contribution in [2.45, 2.75) is 19.6 Å². The van der Waals surface area contributed by atoms with Gasteiger partial charge in [-0.3, -0.25) is 9.69 Å². The molecule has 2 aromatic carbocycles. The first-order valence-corrected chi connectivity index (χ1v) is 10.8. The minimum Gasteiger partial charge on any atom is -0.493 e. The van der Waals surface area contributed by atoms with Gasteiger partial charge in [0, 0.05) is 5.02 Å². The van der Waals surface area contributed by atoms with Gasteiger partial charge in [0.25, 0.3) is 5.91 Å². The van der Waals surface area contributed by atoms with E-state index in [-0.39, 0.29) is 5.91 Å². The van der Waals surface area contributed by atoms with E-state index in [2.05, 4.69) is 0 Å². The Hall–Kier alpha value is -2.55. The van der Waals surface area contributed by atoms with Gasteiger partial charge in [-0.15, -0.1) is 0 Å². The van der Waals surface area contributed by atoms with Crippen molar-refractivity contribution in [1.82, 2.24) is 4.90 Å². The number of rotatable bonds is 7. The van der Waals surface area contributed by atoms with E-state index in [1.54, 1.807) is 44.4 Å². The monoisotopic (exact) mass is 477 g/mol. The number of hydrogen-bond acceptors (Lipinski definition) is 7. The summed E-state index contributed by atoms with van der Waals surface area (Å²) in [6.07, 6.45) is 1.70. The van der Waals surface area contributed by atoms with Crippen LogP contribution in [-0.4, -0.2) is 41.4 Å². The standard InChI is InChI=1S/C22H20ClNO5S2/c1-13(21(26)28-3)24-20(25)19(31-22(24)30)11-15-6-9-17(18(10-15)27-2)29-12-14-4-7-16(23)8-5-14/h4-11,13H,12H2,1-3H3. The number of nitrogens with zero attached hydrogens (tertiary/aromatic N) is 1. The maximum Gasteiger partial charge on any atom is 0.328 e. The number of halogens is 1. The van der Waals surface area contributed by atoms with Gasteiger partial charge in [0.1, 0.15) is 17.0 Å². The molecule has 0 spiro atoms. The molecule has 9 heteroatoms. The normalized spacial score (nSPS) is 15.9. The van der Waals surface area contributed by atoms with Crippen LogP contribution in [0.4, 0.5) is 0 Å². The van der Waals surface area contributed by atoms with Crippen molar-refractivity contribution in [1.29, 1.82) is 0 Å². The van der Waals surface area contributed by atoms with E-state index in [0.29, 0.717) is 32.4 Å². The highest BCUT2D eigenvalue weighted by molar-refractivity contribution is 8.26. The molecule has 0 aromatic heterocycles. The molecule has 1 atom stereocenters. The van der Waals surface area contributed by atoms with E-state index in [9.17, 15) is 9.59 Å². The van der Waals surface area contributed by atoms with Gasteiger partial charge < -0.3 is 14.2 Å². The summed E-state index contributed by atoms with van der Waals surface area (Å²) in [6.45, 7) is 1.94. The Morgan fingerprint density at radius 2 is 1.90 bits per heavy atom. The van der Waals surface area contributed by atoms with E-state index in [1.165, 1.54) is 12.0 Å². The number of methoxy groups -OCH3 is 2. The first-order chi connectivity index (χ1) is 14.8. The van der Waals surface area contributed by atoms with Crippen molar-refractivity contribution in [2.24, 2.45) is 0 Å². The van der Waals surface area contributed by atoms with Crippen LogP contribution in [0.5, 0.6) is 11.5 Å². The van der Waals surface area contributed by atoms with Crippen LogP contribution in [0.15, 0.2) is 47.4 Å². The molecule has 1 heterocycles. The van der Waals surface area contributed by atoms with Gasteiger partial charge in [0.15, 0.2) is 11.5 Å². The van der Waals surface area contributed by atoms with E-state index >= 15 is 0 Å². The molecule has 2 aromatic rings. The molecule has 0 aliphatic carbocycles. The van der Waals surface area contributed by atoms with Crippen LogP contribution >= 0.6 is 35.6 Å². The Bertz CT molecular complexity index is 1040. The zero-order chi connectivity index (χ0) is 22.5. The zero-order valence-corrected chi connectivity index (χ0v) is 19.5. The third kappa shape index (κ3) is 5.39. The largest absolute Gasteiger partial charge is 0.493 e. The summed E-state index contributed by atoms with van der Waals surface area (Å²) in [4.78, 5) is 26.3. The molecule has 0 bridgehead atoms. The minimum absolute atomic E-state index is 0.309. The number of carbonyl (C=O) groups excluding carboxylic acids is 2. The SMILES string of the molecule is COC(=O)C(C)N1C(=O)C(=Cc2ccc(OCc3ccc(Cl)cc3)c(OC)c2)SC1=S. The molecule has 162 valence electrons. The number of amides is 1. The molecule has 0 radical (unpaired) electrons. The summed E-state index contributed by atoms with van der Waals surface area (Å²) in [6, 6.07) is 12.0. The summed E-state index contributed by atoms with van der Waals surface area (Å²) in [7, 11) is 2.82. The van der Waals surface area contributed by atoms with Crippen LogP contribution in [0.3, 0.4) is 0 Å². The fourth-order valence-electron chi connectivity index (χ4n) is 2.88. The number of carbonyl (C=O) groups is 2. The van der Waals surface area contributed by atoms with Gasteiger partial charge in [-0.05, 0) is 48.4 Å². The third-order valence-electron chi connectivity index (χ3n) is 4.55. The van der Waals surface area contributed by atoms with Crippen LogP contribution < -0.4 is 9.47 Å². The first-order valence-electron chi connectivity index (χ1n) is 9.24. The number of ether oxygens (including phenoxy) is 3. The summed E-state index contributed by atoms with van der Waals surface area (Å²) in [5, 5.41) is 0.664. The van der Waals surface area contributed by atoms with Crippen LogP contribution in [-0.2, 0) is 20.9 Å². The summed E-state index contributed by atoms with van der Waals surface area (Å²) >= 11 is 12.3. The molecule has 1 fully saturated rings. The Morgan fingerprint density at radius 3 is 2.55 bits per heavy atom. The van der Waals surface area contributed by atoms with Gasteiger partial charge >= 0.3 is 5.97 Å². The Labute approximate surface area is 195 Å². The molecule has 0 saturated carbocycles. The fourth-order valence-corrected chi connectivity index (χ4v) is 4.42. The summed E-state index contributed by atoms with van der Waals surface area (Å²) in [5.74, 6) is 0.235. The second kappa shape index (κ2) is 10.2. The van der Waals surface area contributed by atoms with Crippen molar-refractivity contribution in [3.63, 3.8) is 0 Å². The van der Waals surface area contributed by atoms with Crippen molar-refractivity contribution in [2.75, 3.05) is 14.2 Å².